The van der Waals surface area contributed by atoms with Crippen molar-refractivity contribution in [3.05, 3.63) is 76.9 Å². The molecule has 2 aromatic heterocycles. The zero-order valence-corrected chi connectivity index (χ0v) is 14.6. The molecule has 7 heteroatoms. The fourth-order valence-electron chi connectivity index (χ4n) is 2.91. The van der Waals surface area contributed by atoms with Crippen LogP contribution in [0.15, 0.2) is 53.1 Å². The van der Waals surface area contributed by atoms with Crippen molar-refractivity contribution in [2.24, 2.45) is 0 Å². The summed E-state index contributed by atoms with van der Waals surface area (Å²) in [5, 5.41) is 16.5. The second-order valence-electron chi connectivity index (χ2n) is 6.29. The smallest absolute Gasteiger partial charge is 0.250 e. The highest BCUT2D eigenvalue weighted by atomic mass is 16.5. The third-order valence-electron chi connectivity index (χ3n) is 3.92. The molecule has 26 heavy (non-hydrogen) atoms. The summed E-state index contributed by atoms with van der Waals surface area (Å²) >= 11 is 0. The van der Waals surface area contributed by atoms with E-state index in [0.717, 1.165) is 5.56 Å². The Balaban J connectivity index is 1.46. The highest BCUT2D eigenvalue weighted by Gasteiger charge is 2.11. The van der Waals surface area contributed by atoms with Gasteiger partial charge < -0.3 is 4.52 Å². The Kier molecular flexibility index (Phi) is 4.27. The van der Waals surface area contributed by atoms with Gasteiger partial charge in [-0.25, -0.2) is 0 Å². The predicted molar refractivity (Wildman–Crippen MR) is 95.4 cm³/mol. The number of hydrogen-bond donors (Lipinski definition) is 0. The molecular formula is C19H18N6O. The lowest BCUT2D eigenvalue weighted by atomic mass is 10.1. The molecule has 0 spiro atoms. The van der Waals surface area contributed by atoms with Crippen LogP contribution in [0.4, 0.5) is 0 Å². The molecule has 0 N–H and O–H groups in total. The van der Waals surface area contributed by atoms with E-state index in [4.69, 9.17) is 4.52 Å². The van der Waals surface area contributed by atoms with E-state index in [1.165, 1.54) is 21.5 Å². The van der Waals surface area contributed by atoms with Crippen LogP contribution in [0.5, 0.6) is 0 Å². The molecule has 0 saturated heterocycles. The third kappa shape index (κ3) is 3.66. The summed E-state index contributed by atoms with van der Waals surface area (Å²) in [4.78, 5) is 5.89. The zero-order chi connectivity index (χ0) is 17.9. The van der Waals surface area contributed by atoms with Crippen molar-refractivity contribution in [2.45, 2.75) is 26.8 Å². The van der Waals surface area contributed by atoms with Gasteiger partial charge in [0.1, 0.15) is 6.54 Å². The normalized spacial score (nSPS) is 11.0. The van der Waals surface area contributed by atoms with Gasteiger partial charge in [-0.05, 0) is 24.6 Å². The summed E-state index contributed by atoms with van der Waals surface area (Å²) in [5.41, 5.74) is 4.54. The molecule has 2 aromatic carbocycles. The van der Waals surface area contributed by atoms with E-state index in [-0.39, 0.29) is 0 Å². The van der Waals surface area contributed by atoms with Crippen LogP contribution in [-0.2, 0) is 13.0 Å². The first-order valence-electron chi connectivity index (χ1n) is 8.37. The largest absolute Gasteiger partial charge is 0.337 e. The van der Waals surface area contributed by atoms with E-state index >= 15 is 0 Å². The molecular weight excluding hydrogens is 328 g/mol. The van der Waals surface area contributed by atoms with E-state index in [0.29, 0.717) is 30.5 Å². The van der Waals surface area contributed by atoms with E-state index in [1.54, 1.807) is 0 Å². The molecule has 4 aromatic rings. The van der Waals surface area contributed by atoms with Crippen LogP contribution in [0.3, 0.4) is 0 Å². The van der Waals surface area contributed by atoms with E-state index in [2.05, 4.69) is 57.6 Å². The quantitative estimate of drug-likeness (QED) is 0.552. The first kappa shape index (κ1) is 16.1. The average molecular weight is 346 g/mol. The van der Waals surface area contributed by atoms with Gasteiger partial charge in [-0.1, -0.05) is 64.8 Å². The second-order valence-corrected chi connectivity index (χ2v) is 6.29. The molecule has 7 nitrogen and oxygen atoms in total. The van der Waals surface area contributed by atoms with Crippen LogP contribution in [0.25, 0.3) is 11.4 Å². The summed E-state index contributed by atoms with van der Waals surface area (Å²) in [6.07, 6.45) is 0.631. The van der Waals surface area contributed by atoms with Crippen molar-refractivity contribution in [3.8, 4) is 11.4 Å². The molecule has 0 fully saturated rings. The van der Waals surface area contributed by atoms with Gasteiger partial charge in [0.15, 0.2) is 5.82 Å². The second kappa shape index (κ2) is 6.87. The van der Waals surface area contributed by atoms with Crippen LogP contribution in [0.1, 0.15) is 28.4 Å². The Labute approximate surface area is 150 Å². The minimum Gasteiger partial charge on any atom is -0.337 e. The Morgan fingerprint density at radius 2 is 1.77 bits per heavy atom. The molecule has 0 aliphatic rings. The maximum Gasteiger partial charge on any atom is 0.250 e. The fraction of sp³-hybridized carbons (Fsp3) is 0.211. The molecule has 0 bridgehead atoms. The van der Waals surface area contributed by atoms with Crippen LogP contribution in [-0.4, -0.2) is 30.3 Å². The van der Waals surface area contributed by atoms with Crippen molar-refractivity contribution in [1.29, 1.82) is 0 Å². The lowest BCUT2D eigenvalue weighted by Crippen LogP contribution is -2.04. The SMILES string of the molecule is Cc1cc(C)cc(Cc2noc(Cn3nnc(-c4ccccc4)n3)n2)c1. The molecule has 2 heterocycles. The van der Waals surface area contributed by atoms with Gasteiger partial charge in [-0.15, -0.1) is 10.2 Å². The van der Waals surface area contributed by atoms with Gasteiger partial charge in [0.05, 0.1) is 0 Å². The zero-order valence-electron chi connectivity index (χ0n) is 14.6. The summed E-state index contributed by atoms with van der Waals surface area (Å²) in [6, 6.07) is 16.1. The molecule has 0 unspecified atom stereocenters. The number of aromatic nitrogens is 6. The number of aryl methyl sites for hydroxylation is 2. The van der Waals surface area contributed by atoms with Crippen LogP contribution >= 0.6 is 0 Å². The Bertz CT molecular complexity index is 1000. The van der Waals surface area contributed by atoms with Gasteiger partial charge in [0.25, 0.3) is 0 Å². The molecule has 130 valence electrons. The van der Waals surface area contributed by atoms with Crippen molar-refractivity contribution in [2.75, 3.05) is 0 Å². The summed E-state index contributed by atoms with van der Waals surface area (Å²) in [7, 11) is 0. The van der Waals surface area contributed by atoms with Gasteiger partial charge >= 0.3 is 0 Å². The van der Waals surface area contributed by atoms with Gasteiger partial charge in [-0.2, -0.15) is 9.78 Å². The van der Waals surface area contributed by atoms with Crippen molar-refractivity contribution in [1.82, 2.24) is 30.3 Å². The minimum absolute atomic E-state index is 0.291. The Hall–Kier alpha value is -3.35. The summed E-state index contributed by atoms with van der Waals surface area (Å²) < 4.78 is 5.33. The van der Waals surface area contributed by atoms with E-state index in [9.17, 15) is 0 Å². The first-order chi connectivity index (χ1) is 12.7. The van der Waals surface area contributed by atoms with Crippen LogP contribution < -0.4 is 0 Å². The molecule has 0 radical (unpaired) electrons. The maximum absolute atomic E-state index is 5.33. The Morgan fingerprint density at radius 1 is 1.00 bits per heavy atom. The molecule has 0 saturated carbocycles. The number of nitrogens with zero attached hydrogens (tertiary/aromatic N) is 6. The molecule has 0 aliphatic carbocycles. The number of hydrogen-bond acceptors (Lipinski definition) is 6. The van der Waals surface area contributed by atoms with Gasteiger partial charge in [0.2, 0.25) is 11.7 Å². The molecule has 4 rings (SSSR count). The highest BCUT2D eigenvalue weighted by Crippen LogP contribution is 2.14. The van der Waals surface area contributed by atoms with Crippen molar-refractivity contribution in [3.63, 3.8) is 0 Å². The maximum atomic E-state index is 5.33. The topological polar surface area (TPSA) is 82.5 Å². The average Bonchev–Trinajstić information content (AvgIpc) is 3.25. The number of benzene rings is 2. The van der Waals surface area contributed by atoms with Gasteiger partial charge in [0, 0.05) is 12.0 Å². The minimum atomic E-state index is 0.291. The van der Waals surface area contributed by atoms with Crippen LogP contribution in [0, 0.1) is 13.8 Å². The lowest BCUT2D eigenvalue weighted by Gasteiger charge is -2.01. The van der Waals surface area contributed by atoms with Gasteiger partial charge in [-0.3, -0.25) is 0 Å². The van der Waals surface area contributed by atoms with Crippen LogP contribution in [0.2, 0.25) is 0 Å². The summed E-state index contributed by atoms with van der Waals surface area (Å²) in [5.74, 6) is 1.68. The van der Waals surface area contributed by atoms with Crippen molar-refractivity contribution < 1.29 is 4.52 Å². The third-order valence-corrected chi connectivity index (χ3v) is 3.92. The first-order valence-corrected chi connectivity index (χ1v) is 8.37. The highest BCUT2D eigenvalue weighted by molar-refractivity contribution is 5.52. The number of rotatable bonds is 5. The van der Waals surface area contributed by atoms with E-state index < -0.39 is 0 Å². The predicted octanol–water partition coefficient (Wildman–Crippen LogP) is 2.98. The van der Waals surface area contributed by atoms with E-state index in [1.807, 2.05) is 30.3 Å². The molecule has 0 aliphatic heterocycles. The Morgan fingerprint density at radius 3 is 2.54 bits per heavy atom. The molecule has 0 atom stereocenters. The fourth-order valence-corrected chi connectivity index (χ4v) is 2.91. The standard InChI is InChI=1S/C19H18N6O/c1-13-8-14(2)10-15(9-13)11-17-20-18(26-23-17)12-25-22-19(21-24-25)16-6-4-3-5-7-16/h3-10H,11-12H2,1-2H3. The van der Waals surface area contributed by atoms with Crippen molar-refractivity contribution >= 4 is 0 Å². The number of tetrazole rings is 1. The lowest BCUT2D eigenvalue weighted by molar-refractivity contribution is 0.353. The molecule has 0 amide bonds. The monoisotopic (exact) mass is 346 g/mol. The summed E-state index contributed by atoms with van der Waals surface area (Å²) in [6.45, 7) is 4.46.